The van der Waals surface area contributed by atoms with Crippen LogP contribution in [0.2, 0.25) is 0 Å². The van der Waals surface area contributed by atoms with E-state index in [0.717, 1.165) is 60.8 Å². The smallest absolute Gasteiger partial charge is 0.234 e. The van der Waals surface area contributed by atoms with Crippen molar-refractivity contribution in [3.8, 4) is 11.1 Å². The number of nitrogens with zero attached hydrogens (tertiary/aromatic N) is 3. The van der Waals surface area contributed by atoms with E-state index in [-0.39, 0.29) is 0 Å². The summed E-state index contributed by atoms with van der Waals surface area (Å²) in [7, 11) is -1.29. The highest BCUT2D eigenvalue weighted by atomic mass is 31.2. The Bertz CT molecular complexity index is 1660. The molecular weight excluding hydrogens is 449 g/mol. The quantitative estimate of drug-likeness (QED) is 0.261. The Kier molecular flexibility index (Phi) is 4.81. The maximum atomic E-state index is 15.8. The van der Waals surface area contributed by atoms with Gasteiger partial charge in [0.15, 0.2) is 0 Å². The summed E-state index contributed by atoms with van der Waals surface area (Å²) < 4.78 is 19.9. The molecule has 5 heteroatoms. The zero-order valence-electron chi connectivity index (χ0n) is 20.7. The Hall–Kier alpha value is -3.62. The Morgan fingerprint density at radius 3 is 2.09 bits per heavy atom. The predicted molar refractivity (Wildman–Crippen MR) is 147 cm³/mol. The van der Waals surface area contributed by atoms with Crippen molar-refractivity contribution < 1.29 is 4.57 Å². The molecule has 1 aliphatic heterocycles. The molecule has 0 bridgehead atoms. The molecular formula is C30H28N3OP. The summed E-state index contributed by atoms with van der Waals surface area (Å²) in [5.74, 6) is 0. The number of imidazole rings is 1. The first kappa shape index (κ1) is 21.9. The normalized spacial score (nSPS) is 16.9. The lowest BCUT2D eigenvalue weighted by atomic mass is 9.98. The zero-order valence-corrected chi connectivity index (χ0v) is 21.6. The Balaban J connectivity index is 1.81. The Labute approximate surface area is 206 Å². The summed E-state index contributed by atoms with van der Waals surface area (Å²) in [6.07, 6.45) is 1.86. The molecule has 1 atom stereocenters. The number of hydrogen-bond donors (Lipinski definition) is 0. The van der Waals surface area contributed by atoms with Gasteiger partial charge in [0.1, 0.15) is 0 Å². The molecule has 6 rings (SSSR count). The van der Waals surface area contributed by atoms with Crippen LogP contribution in [0.5, 0.6) is 0 Å². The fourth-order valence-corrected chi connectivity index (χ4v) is 8.43. The SMILES string of the molecule is Cc1ccc(N2c3cc(C)ccc3-c3c(cc(C)c4c3ncn4C)P2(=O)c2ccc(C)cc2)cc1. The van der Waals surface area contributed by atoms with Crippen LogP contribution < -0.4 is 15.3 Å². The molecule has 2 heterocycles. The molecule has 0 amide bonds. The van der Waals surface area contributed by atoms with Crippen LogP contribution in [-0.2, 0) is 11.6 Å². The molecule has 0 spiro atoms. The van der Waals surface area contributed by atoms with E-state index in [0.29, 0.717) is 0 Å². The Morgan fingerprint density at radius 1 is 0.771 bits per heavy atom. The predicted octanol–water partition coefficient (Wildman–Crippen LogP) is 6.85. The second-order valence-electron chi connectivity index (χ2n) is 9.72. The van der Waals surface area contributed by atoms with Gasteiger partial charge in [-0.25, -0.2) is 4.98 Å². The van der Waals surface area contributed by atoms with Crippen molar-refractivity contribution in [2.24, 2.45) is 7.05 Å². The largest absolute Gasteiger partial charge is 0.333 e. The molecule has 4 nitrogen and oxygen atoms in total. The van der Waals surface area contributed by atoms with E-state index in [1.54, 1.807) is 0 Å². The summed E-state index contributed by atoms with van der Waals surface area (Å²) in [6, 6.07) is 25.1. The van der Waals surface area contributed by atoms with Crippen molar-refractivity contribution in [3.63, 3.8) is 0 Å². The minimum atomic E-state index is -3.31. The van der Waals surface area contributed by atoms with Gasteiger partial charge in [0.05, 0.1) is 23.0 Å². The van der Waals surface area contributed by atoms with Gasteiger partial charge in [0.25, 0.3) is 0 Å². The van der Waals surface area contributed by atoms with Gasteiger partial charge < -0.3 is 4.57 Å². The fraction of sp³-hybridized carbons (Fsp3) is 0.167. The number of aryl methyl sites for hydroxylation is 5. The van der Waals surface area contributed by atoms with Crippen LogP contribution in [0.3, 0.4) is 0 Å². The molecule has 174 valence electrons. The first-order valence-electron chi connectivity index (χ1n) is 11.9. The summed E-state index contributed by atoms with van der Waals surface area (Å²) in [4.78, 5) is 4.82. The number of aromatic nitrogens is 2. The van der Waals surface area contributed by atoms with Gasteiger partial charge >= 0.3 is 0 Å². The van der Waals surface area contributed by atoms with Crippen molar-refractivity contribution >= 4 is 40.3 Å². The highest BCUT2D eigenvalue weighted by Crippen LogP contribution is 2.62. The number of fused-ring (bicyclic) bond motifs is 5. The third-order valence-corrected chi connectivity index (χ3v) is 10.1. The van der Waals surface area contributed by atoms with Gasteiger partial charge in [0, 0.05) is 34.5 Å². The number of hydrogen-bond acceptors (Lipinski definition) is 2. The standard InChI is InChI=1S/C30H28N3OP/c1-19-6-11-23(12-7-19)33-26-16-21(3)10-15-25(26)28-27(17-22(4)30-29(28)31-18-32(30)5)35(33,34)24-13-8-20(2)9-14-24/h6-18H,1-5H3. The molecule has 5 aromatic rings. The van der Waals surface area contributed by atoms with Crippen LogP contribution in [-0.4, -0.2) is 9.55 Å². The minimum Gasteiger partial charge on any atom is -0.333 e. The van der Waals surface area contributed by atoms with E-state index < -0.39 is 7.29 Å². The fourth-order valence-electron chi connectivity index (χ4n) is 5.33. The molecule has 0 fully saturated rings. The zero-order chi connectivity index (χ0) is 24.5. The monoisotopic (exact) mass is 477 g/mol. The second-order valence-corrected chi connectivity index (χ2v) is 12.3. The molecule has 0 saturated carbocycles. The van der Waals surface area contributed by atoms with Crippen LogP contribution in [0.15, 0.2) is 79.1 Å². The van der Waals surface area contributed by atoms with Crippen molar-refractivity contribution in [2.75, 3.05) is 4.67 Å². The van der Waals surface area contributed by atoms with Gasteiger partial charge in [-0.15, -0.1) is 0 Å². The third-order valence-electron chi connectivity index (χ3n) is 7.08. The van der Waals surface area contributed by atoms with Crippen molar-refractivity contribution in [2.45, 2.75) is 27.7 Å². The first-order valence-corrected chi connectivity index (χ1v) is 13.6. The van der Waals surface area contributed by atoms with E-state index in [9.17, 15) is 0 Å². The molecule has 0 aliphatic carbocycles. The Morgan fingerprint density at radius 2 is 1.40 bits per heavy atom. The number of benzene rings is 4. The average Bonchev–Trinajstić information content (AvgIpc) is 3.23. The van der Waals surface area contributed by atoms with Crippen molar-refractivity contribution in [1.29, 1.82) is 0 Å². The molecule has 0 saturated heterocycles. The van der Waals surface area contributed by atoms with Crippen LogP contribution in [0.1, 0.15) is 22.3 Å². The molecule has 4 aromatic carbocycles. The molecule has 35 heavy (non-hydrogen) atoms. The van der Waals surface area contributed by atoms with Gasteiger partial charge in [-0.1, -0.05) is 47.5 Å². The average molecular weight is 478 g/mol. The summed E-state index contributed by atoms with van der Waals surface area (Å²) in [5.41, 5.74) is 10.4. The van der Waals surface area contributed by atoms with Crippen LogP contribution in [0.4, 0.5) is 11.4 Å². The number of rotatable bonds is 2. The molecule has 1 unspecified atom stereocenters. The van der Waals surface area contributed by atoms with E-state index in [4.69, 9.17) is 4.98 Å². The van der Waals surface area contributed by atoms with Crippen molar-refractivity contribution in [1.82, 2.24) is 9.55 Å². The third kappa shape index (κ3) is 3.13. The molecule has 0 radical (unpaired) electrons. The minimum absolute atomic E-state index is 0.826. The molecule has 1 aromatic heterocycles. The van der Waals surface area contributed by atoms with Gasteiger partial charge in [-0.05, 0) is 75.2 Å². The van der Waals surface area contributed by atoms with E-state index in [2.05, 4.69) is 97.6 Å². The second kappa shape index (κ2) is 7.69. The maximum Gasteiger partial charge on any atom is 0.234 e. The highest BCUT2D eigenvalue weighted by Gasteiger charge is 2.44. The van der Waals surface area contributed by atoms with Gasteiger partial charge in [-0.3, -0.25) is 9.24 Å². The first-order chi connectivity index (χ1) is 16.8. The summed E-state index contributed by atoms with van der Waals surface area (Å²) in [6.45, 7) is 8.32. The molecule has 0 N–H and O–H groups in total. The van der Waals surface area contributed by atoms with Crippen molar-refractivity contribution in [3.05, 3.63) is 101 Å². The lowest BCUT2D eigenvalue weighted by molar-refractivity contribution is 0.587. The summed E-state index contributed by atoms with van der Waals surface area (Å²) in [5, 5.41) is 1.67. The van der Waals surface area contributed by atoms with E-state index >= 15 is 4.57 Å². The molecule has 1 aliphatic rings. The lowest BCUT2D eigenvalue weighted by Crippen LogP contribution is -2.34. The van der Waals surface area contributed by atoms with Gasteiger partial charge in [0.2, 0.25) is 7.29 Å². The van der Waals surface area contributed by atoms with Gasteiger partial charge in [-0.2, -0.15) is 0 Å². The number of anilines is 2. The highest BCUT2D eigenvalue weighted by molar-refractivity contribution is 7.81. The van der Waals surface area contributed by atoms with Crippen LogP contribution in [0, 0.1) is 27.7 Å². The van der Waals surface area contributed by atoms with Crippen LogP contribution >= 0.6 is 7.29 Å². The summed E-state index contributed by atoms with van der Waals surface area (Å²) >= 11 is 0. The maximum absolute atomic E-state index is 15.8. The topological polar surface area (TPSA) is 38.1 Å². The van der Waals surface area contributed by atoms with E-state index in [1.807, 2.05) is 25.5 Å². The lowest BCUT2D eigenvalue weighted by Gasteiger charge is -2.40. The van der Waals surface area contributed by atoms with E-state index in [1.165, 1.54) is 5.56 Å². The van der Waals surface area contributed by atoms with Crippen LogP contribution in [0.25, 0.3) is 22.2 Å².